The van der Waals surface area contributed by atoms with Crippen molar-refractivity contribution < 1.29 is 29.3 Å². The van der Waals surface area contributed by atoms with Gasteiger partial charge in [0.1, 0.15) is 6.61 Å². The number of aliphatic carboxylic acids is 2. The van der Waals surface area contributed by atoms with Crippen LogP contribution >= 0.6 is 0 Å². The SMILES string of the molecule is CCC(C)(C)C(=O)OCCN(CC(=O)O)CC(=O)O. The molecule has 110 valence electrons. The predicted molar refractivity (Wildman–Crippen MR) is 66.7 cm³/mol. The number of carbonyl (C=O) groups excluding carboxylic acids is 1. The van der Waals surface area contributed by atoms with E-state index in [1.54, 1.807) is 13.8 Å². The summed E-state index contributed by atoms with van der Waals surface area (Å²) in [5, 5.41) is 17.3. The third-order valence-corrected chi connectivity index (χ3v) is 2.79. The number of carboxylic acid groups (broad SMARTS) is 2. The fraction of sp³-hybridized carbons (Fsp3) is 0.750. The summed E-state index contributed by atoms with van der Waals surface area (Å²) in [4.78, 5) is 33.9. The van der Waals surface area contributed by atoms with Crippen LogP contribution in [0.3, 0.4) is 0 Å². The fourth-order valence-electron chi connectivity index (χ4n) is 1.20. The van der Waals surface area contributed by atoms with Gasteiger partial charge in [0, 0.05) is 6.54 Å². The Kier molecular flexibility index (Phi) is 7.06. The molecule has 0 fully saturated rings. The Morgan fingerprint density at radius 3 is 1.95 bits per heavy atom. The lowest BCUT2D eigenvalue weighted by Crippen LogP contribution is -2.38. The Morgan fingerprint density at radius 2 is 1.58 bits per heavy atom. The molecule has 0 rings (SSSR count). The second-order valence-corrected chi connectivity index (χ2v) is 4.87. The van der Waals surface area contributed by atoms with Crippen LogP contribution in [0.2, 0.25) is 0 Å². The highest BCUT2D eigenvalue weighted by molar-refractivity contribution is 5.75. The molecule has 0 bridgehead atoms. The first-order valence-corrected chi connectivity index (χ1v) is 6.02. The summed E-state index contributed by atoms with van der Waals surface area (Å²) in [6.07, 6.45) is 0.625. The van der Waals surface area contributed by atoms with E-state index in [9.17, 15) is 14.4 Å². The molecule has 7 heteroatoms. The summed E-state index contributed by atoms with van der Waals surface area (Å²) in [6.45, 7) is 4.61. The normalized spacial score (nSPS) is 11.4. The Balaban J connectivity index is 4.22. The molecule has 0 aliphatic heterocycles. The van der Waals surface area contributed by atoms with Crippen LogP contribution in [-0.2, 0) is 19.1 Å². The van der Waals surface area contributed by atoms with Gasteiger partial charge in [-0.15, -0.1) is 0 Å². The van der Waals surface area contributed by atoms with Crippen molar-refractivity contribution in [2.75, 3.05) is 26.2 Å². The van der Waals surface area contributed by atoms with E-state index in [4.69, 9.17) is 14.9 Å². The molecule has 2 N–H and O–H groups in total. The zero-order chi connectivity index (χ0) is 15.1. The minimum atomic E-state index is -1.12. The second-order valence-electron chi connectivity index (χ2n) is 4.87. The highest BCUT2D eigenvalue weighted by atomic mass is 16.5. The van der Waals surface area contributed by atoms with E-state index in [0.29, 0.717) is 6.42 Å². The van der Waals surface area contributed by atoms with Gasteiger partial charge in [-0.2, -0.15) is 0 Å². The first kappa shape index (κ1) is 17.4. The molecule has 7 nitrogen and oxygen atoms in total. The summed E-state index contributed by atoms with van der Waals surface area (Å²) in [5.41, 5.74) is -0.593. The molecule has 0 heterocycles. The van der Waals surface area contributed by atoms with Gasteiger partial charge in [-0.1, -0.05) is 6.92 Å². The van der Waals surface area contributed by atoms with Crippen molar-refractivity contribution in [3.63, 3.8) is 0 Å². The molecule has 0 amide bonds. The number of esters is 1. The molecular weight excluding hydrogens is 254 g/mol. The van der Waals surface area contributed by atoms with Crippen LogP contribution in [-0.4, -0.2) is 59.3 Å². The van der Waals surface area contributed by atoms with Crippen LogP contribution in [0.1, 0.15) is 27.2 Å². The number of hydrogen-bond acceptors (Lipinski definition) is 5. The van der Waals surface area contributed by atoms with Crippen LogP contribution in [0.15, 0.2) is 0 Å². The number of ether oxygens (including phenoxy) is 1. The van der Waals surface area contributed by atoms with Crippen molar-refractivity contribution in [3.8, 4) is 0 Å². The lowest BCUT2D eigenvalue weighted by atomic mass is 9.91. The van der Waals surface area contributed by atoms with Gasteiger partial charge in [0.2, 0.25) is 0 Å². The summed E-state index contributed by atoms with van der Waals surface area (Å²) in [7, 11) is 0. The maximum absolute atomic E-state index is 11.6. The van der Waals surface area contributed by atoms with Gasteiger partial charge in [-0.25, -0.2) is 0 Å². The number of carbonyl (C=O) groups is 3. The van der Waals surface area contributed by atoms with Gasteiger partial charge in [0.15, 0.2) is 0 Å². The summed E-state index contributed by atoms with van der Waals surface area (Å²) in [6, 6.07) is 0. The van der Waals surface area contributed by atoms with E-state index in [0.717, 1.165) is 0 Å². The molecule has 0 spiro atoms. The third kappa shape index (κ3) is 7.40. The minimum Gasteiger partial charge on any atom is -0.480 e. The number of carboxylic acids is 2. The van der Waals surface area contributed by atoms with E-state index >= 15 is 0 Å². The fourth-order valence-corrected chi connectivity index (χ4v) is 1.20. The van der Waals surface area contributed by atoms with Crippen molar-refractivity contribution in [2.24, 2.45) is 5.41 Å². The number of hydrogen-bond donors (Lipinski definition) is 2. The summed E-state index contributed by atoms with van der Waals surface area (Å²) >= 11 is 0. The Hall–Kier alpha value is -1.63. The first-order valence-electron chi connectivity index (χ1n) is 6.02. The van der Waals surface area contributed by atoms with E-state index in [1.807, 2.05) is 6.92 Å². The molecule has 0 saturated carbocycles. The molecule has 0 aromatic heterocycles. The van der Waals surface area contributed by atoms with Crippen LogP contribution in [0.5, 0.6) is 0 Å². The third-order valence-electron chi connectivity index (χ3n) is 2.79. The summed E-state index contributed by atoms with van der Waals surface area (Å²) < 4.78 is 5.02. The molecule has 0 aliphatic rings. The van der Waals surface area contributed by atoms with Crippen LogP contribution < -0.4 is 0 Å². The average molecular weight is 275 g/mol. The van der Waals surface area contributed by atoms with Crippen LogP contribution in [0.4, 0.5) is 0 Å². The monoisotopic (exact) mass is 275 g/mol. The molecule has 19 heavy (non-hydrogen) atoms. The molecule has 0 aliphatic carbocycles. The number of nitrogens with zero attached hydrogens (tertiary/aromatic N) is 1. The van der Waals surface area contributed by atoms with E-state index < -0.39 is 30.4 Å². The number of rotatable bonds is 9. The van der Waals surface area contributed by atoms with Gasteiger partial charge in [-0.05, 0) is 20.3 Å². The maximum Gasteiger partial charge on any atom is 0.317 e. The zero-order valence-corrected chi connectivity index (χ0v) is 11.5. The van der Waals surface area contributed by atoms with E-state index in [1.165, 1.54) is 4.90 Å². The highest BCUT2D eigenvalue weighted by Gasteiger charge is 2.27. The molecule has 0 atom stereocenters. The quantitative estimate of drug-likeness (QED) is 0.588. The van der Waals surface area contributed by atoms with Gasteiger partial charge in [0.05, 0.1) is 18.5 Å². The highest BCUT2D eigenvalue weighted by Crippen LogP contribution is 2.21. The molecule has 0 aromatic rings. The predicted octanol–water partition coefficient (Wildman–Crippen LogP) is 0.437. The van der Waals surface area contributed by atoms with Gasteiger partial charge < -0.3 is 14.9 Å². The van der Waals surface area contributed by atoms with Crippen LogP contribution in [0, 0.1) is 5.41 Å². The topological polar surface area (TPSA) is 104 Å². The smallest absolute Gasteiger partial charge is 0.317 e. The lowest BCUT2D eigenvalue weighted by Gasteiger charge is -2.22. The van der Waals surface area contributed by atoms with Crippen molar-refractivity contribution in [3.05, 3.63) is 0 Å². The standard InChI is InChI=1S/C12H21NO6/c1-4-12(2,3)11(18)19-6-5-13(7-9(14)15)8-10(16)17/h4-8H2,1-3H3,(H,14,15)(H,16,17). The van der Waals surface area contributed by atoms with E-state index in [-0.39, 0.29) is 19.1 Å². The van der Waals surface area contributed by atoms with Crippen LogP contribution in [0.25, 0.3) is 0 Å². The van der Waals surface area contributed by atoms with Crippen molar-refractivity contribution in [2.45, 2.75) is 27.2 Å². The largest absolute Gasteiger partial charge is 0.480 e. The summed E-state index contributed by atoms with van der Waals surface area (Å²) in [5.74, 6) is -2.62. The minimum absolute atomic E-state index is 0.0250. The molecular formula is C12H21NO6. The Morgan fingerprint density at radius 1 is 1.11 bits per heavy atom. The molecule has 0 saturated heterocycles. The average Bonchev–Trinajstić information content (AvgIpc) is 2.26. The Bertz CT molecular complexity index is 323. The van der Waals surface area contributed by atoms with Crippen molar-refractivity contribution in [1.82, 2.24) is 4.90 Å². The molecule has 0 radical (unpaired) electrons. The maximum atomic E-state index is 11.6. The van der Waals surface area contributed by atoms with Gasteiger partial charge >= 0.3 is 17.9 Å². The lowest BCUT2D eigenvalue weighted by molar-refractivity contribution is -0.154. The molecule has 0 aromatic carbocycles. The zero-order valence-electron chi connectivity index (χ0n) is 11.5. The van der Waals surface area contributed by atoms with E-state index in [2.05, 4.69) is 0 Å². The van der Waals surface area contributed by atoms with Gasteiger partial charge in [0.25, 0.3) is 0 Å². The van der Waals surface area contributed by atoms with Crippen molar-refractivity contribution in [1.29, 1.82) is 0 Å². The van der Waals surface area contributed by atoms with Crippen molar-refractivity contribution >= 4 is 17.9 Å². The second kappa shape index (κ2) is 7.73. The molecule has 0 unspecified atom stereocenters. The first-order chi connectivity index (χ1) is 8.69. The Labute approximate surface area is 112 Å². The van der Waals surface area contributed by atoms with Gasteiger partial charge in [-0.3, -0.25) is 19.3 Å².